The molecule has 1 rings (SSSR count). The quantitative estimate of drug-likeness (QED) is 0.448. The number of thioether (sulfide) groups is 1. The molecule has 0 radical (unpaired) electrons. The number of esters is 2. The molecule has 1 atom stereocenters. The van der Waals surface area contributed by atoms with Gasteiger partial charge in [0.15, 0.2) is 0 Å². The molecule has 5 nitrogen and oxygen atoms in total. The highest BCUT2D eigenvalue weighted by atomic mass is 32.2. The van der Waals surface area contributed by atoms with Crippen LogP contribution in [0, 0.1) is 0 Å². The minimum Gasteiger partial charge on any atom is -0.429 e. The molecule has 0 spiro atoms. The maximum absolute atomic E-state index is 12.2. The van der Waals surface area contributed by atoms with Gasteiger partial charge in [0.05, 0.1) is 12.4 Å². The van der Waals surface area contributed by atoms with E-state index in [4.69, 9.17) is 9.47 Å². The van der Waals surface area contributed by atoms with Crippen molar-refractivity contribution in [2.45, 2.75) is 12.5 Å². The van der Waals surface area contributed by atoms with E-state index in [-0.39, 0.29) is 0 Å². The molecule has 0 saturated carbocycles. The van der Waals surface area contributed by atoms with Gasteiger partial charge in [0.2, 0.25) is 12.0 Å². The van der Waals surface area contributed by atoms with Crippen molar-refractivity contribution in [1.82, 2.24) is 0 Å². The van der Waals surface area contributed by atoms with Crippen molar-refractivity contribution in [3.8, 4) is 0 Å². The molecular weight excluding hydrogens is 301 g/mol. The number of halogens is 3. The van der Waals surface area contributed by atoms with Gasteiger partial charge in [-0.25, -0.2) is 9.59 Å². The minimum atomic E-state index is -4.94. The van der Waals surface area contributed by atoms with Crippen molar-refractivity contribution in [2.24, 2.45) is 0 Å². The Morgan fingerprint density at radius 2 is 1.90 bits per heavy atom. The first-order valence-electron chi connectivity index (χ1n) is 5.29. The minimum absolute atomic E-state index is 0.375. The van der Waals surface area contributed by atoms with Gasteiger partial charge in [-0.1, -0.05) is 6.58 Å². The molecule has 20 heavy (non-hydrogen) atoms. The molecule has 1 fully saturated rings. The zero-order valence-corrected chi connectivity index (χ0v) is 11.0. The van der Waals surface area contributed by atoms with Crippen LogP contribution in [-0.4, -0.2) is 42.5 Å². The van der Waals surface area contributed by atoms with Crippen LogP contribution in [0.3, 0.4) is 0 Å². The topological polar surface area (TPSA) is 61.8 Å². The molecule has 1 saturated heterocycles. The lowest BCUT2D eigenvalue weighted by Crippen LogP contribution is -2.30. The first-order chi connectivity index (χ1) is 9.21. The van der Waals surface area contributed by atoms with Crippen molar-refractivity contribution in [3.05, 3.63) is 24.5 Å². The predicted molar refractivity (Wildman–Crippen MR) is 63.6 cm³/mol. The first kappa shape index (κ1) is 16.6. The second-order valence-corrected chi connectivity index (χ2v) is 4.72. The molecular formula is C11H11F3O5S. The van der Waals surface area contributed by atoms with Crippen LogP contribution in [0.2, 0.25) is 0 Å². The van der Waals surface area contributed by atoms with E-state index in [9.17, 15) is 22.8 Å². The van der Waals surface area contributed by atoms with Gasteiger partial charge in [-0.3, -0.25) is 0 Å². The zero-order valence-electron chi connectivity index (χ0n) is 10.2. The van der Waals surface area contributed by atoms with Crippen LogP contribution in [0.15, 0.2) is 24.5 Å². The van der Waals surface area contributed by atoms with Gasteiger partial charge >= 0.3 is 18.1 Å². The number of ether oxygens (including phenoxy) is 3. The molecule has 0 aromatic heterocycles. The number of hydrogen-bond donors (Lipinski definition) is 0. The van der Waals surface area contributed by atoms with E-state index in [0.29, 0.717) is 12.4 Å². The highest BCUT2D eigenvalue weighted by Crippen LogP contribution is 2.25. The standard InChI is InChI=1S/C11H11F3O5S/c1-6(11(12,13)14)9(15)18-7(2)10(16)19-8-5-20-4-3-17-8/h8H,1-5H2. The number of hydrogen-bond acceptors (Lipinski definition) is 6. The van der Waals surface area contributed by atoms with Crippen molar-refractivity contribution in [1.29, 1.82) is 0 Å². The van der Waals surface area contributed by atoms with E-state index in [2.05, 4.69) is 17.9 Å². The summed E-state index contributed by atoms with van der Waals surface area (Å²) in [4.78, 5) is 22.5. The van der Waals surface area contributed by atoms with Crippen LogP contribution in [0.25, 0.3) is 0 Å². The zero-order chi connectivity index (χ0) is 15.3. The summed E-state index contributed by atoms with van der Waals surface area (Å²) < 4.78 is 50.4. The molecule has 0 N–H and O–H groups in total. The summed E-state index contributed by atoms with van der Waals surface area (Å²) in [5, 5.41) is 0. The third kappa shape index (κ3) is 4.89. The lowest BCUT2D eigenvalue weighted by Gasteiger charge is -2.22. The Hall–Kier alpha value is -1.48. The van der Waals surface area contributed by atoms with Crippen molar-refractivity contribution < 1.29 is 37.0 Å². The van der Waals surface area contributed by atoms with Crippen LogP contribution in [0.1, 0.15) is 0 Å². The van der Waals surface area contributed by atoms with Gasteiger partial charge in [-0.15, -0.1) is 0 Å². The van der Waals surface area contributed by atoms with Gasteiger partial charge in [0.25, 0.3) is 0 Å². The highest BCUT2D eigenvalue weighted by Gasteiger charge is 2.39. The fourth-order valence-electron chi connectivity index (χ4n) is 1.05. The van der Waals surface area contributed by atoms with E-state index >= 15 is 0 Å². The van der Waals surface area contributed by atoms with Gasteiger partial charge in [0, 0.05) is 5.75 Å². The van der Waals surface area contributed by atoms with E-state index in [1.807, 2.05) is 0 Å². The monoisotopic (exact) mass is 312 g/mol. The van der Waals surface area contributed by atoms with Crippen molar-refractivity contribution in [3.63, 3.8) is 0 Å². The summed E-state index contributed by atoms with van der Waals surface area (Å²) in [6, 6.07) is 0. The Morgan fingerprint density at radius 1 is 1.25 bits per heavy atom. The Bertz CT molecular complexity index is 426. The maximum atomic E-state index is 12.2. The molecule has 0 aromatic rings. The largest absolute Gasteiger partial charge is 0.429 e. The normalized spacial score (nSPS) is 19.1. The molecule has 1 heterocycles. The lowest BCUT2D eigenvalue weighted by atomic mass is 10.3. The Kier molecular flexibility index (Phi) is 5.63. The molecule has 0 aromatic carbocycles. The Morgan fingerprint density at radius 3 is 2.40 bits per heavy atom. The fourth-order valence-corrected chi connectivity index (χ4v) is 1.79. The third-order valence-electron chi connectivity index (χ3n) is 2.06. The summed E-state index contributed by atoms with van der Waals surface area (Å²) in [6.07, 6.45) is -5.78. The molecule has 0 amide bonds. The second-order valence-electron chi connectivity index (χ2n) is 3.57. The maximum Gasteiger partial charge on any atom is 0.422 e. The summed E-state index contributed by atoms with van der Waals surface area (Å²) in [6.45, 7) is 5.94. The number of carbonyl (C=O) groups is 2. The Balaban J connectivity index is 2.47. The van der Waals surface area contributed by atoms with Crippen LogP contribution in [0.5, 0.6) is 0 Å². The Labute approximate surface area is 116 Å². The second kappa shape index (κ2) is 6.80. The van der Waals surface area contributed by atoms with Crippen LogP contribution in [-0.2, 0) is 23.8 Å². The smallest absolute Gasteiger partial charge is 0.422 e. The fraction of sp³-hybridized carbons (Fsp3) is 0.455. The van der Waals surface area contributed by atoms with Crippen LogP contribution in [0.4, 0.5) is 13.2 Å². The molecule has 9 heteroatoms. The van der Waals surface area contributed by atoms with E-state index in [1.54, 1.807) is 0 Å². The first-order valence-corrected chi connectivity index (χ1v) is 6.45. The van der Waals surface area contributed by atoms with Crippen LogP contribution >= 0.6 is 11.8 Å². The van der Waals surface area contributed by atoms with Crippen LogP contribution < -0.4 is 0 Å². The number of rotatable bonds is 4. The molecule has 1 aliphatic rings. The summed E-state index contributed by atoms with van der Waals surface area (Å²) in [7, 11) is 0. The third-order valence-corrected chi connectivity index (χ3v) is 3.02. The molecule has 1 unspecified atom stereocenters. The number of carbonyl (C=O) groups excluding carboxylic acids is 2. The van der Waals surface area contributed by atoms with Crippen molar-refractivity contribution >= 4 is 23.7 Å². The van der Waals surface area contributed by atoms with E-state index in [0.717, 1.165) is 5.75 Å². The lowest BCUT2D eigenvalue weighted by molar-refractivity contribution is -0.175. The molecule has 0 aliphatic carbocycles. The molecule has 112 valence electrons. The van der Waals surface area contributed by atoms with Gasteiger partial charge in [-0.05, 0) is 6.58 Å². The van der Waals surface area contributed by atoms with Gasteiger partial charge in [0.1, 0.15) is 5.57 Å². The summed E-state index contributed by atoms with van der Waals surface area (Å²) in [5.74, 6) is -2.71. The number of alkyl halides is 3. The van der Waals surface area contributed by atoms with E-state index < -0.39 is 35.7 Å². The average Bonchev–Trinajstić information content (AvgIpc) is 2.37. The summed E-state index contributed by atoms with van der Waals surface area (Å²) in [5.41, 5.74) is -1.74. The predicted octanol–water partition coefficient (Wildman–Crippen LogP) is 1.79. The van der Waals surface area contributed by atoms with Crippen molar-refractivity contribution in [2.75, 3.05) is 18.1 Å². The molecule has 0 bridgehead atoms. The van der Waals surface area contributed by atoms with Gasteiger partial charge < -0.3 is 14.2 Å². The SMILES string of the molecule is C=C(OC(=O)C(=C)C(F)(F)F)C(=O)OC1CSCCO1. The van der Waals surface area contributed by atoms with E-state index in [1.165, 1.54) is 11.8 Å². The average molecular weight is 312 g/mol. The highest BCUT2D eigenvalue weighted by molar-refractivity contribution is 7.99. The summed E-state index contributed by atoms with van der Waals surface area (Å²) >= 11 is 1.48. The van der Waals surface area contributed by atoms with Gasteiger partial charge in [-0.2, -0.15) is 24.9 Å². The molecule has 1 aliphatic heterocycles.